The number of aliphatic hydroxyl groups is 2. The normalized spacial score (nSPS) is 12.8. The molecule has 0 saturated heterocycles. The molecule has 390 valence electrons. The molecule has 4 N–H and O–H groups in total. The van der Waals surface area contributed by atoms with E-state index < -0.39 is 5.54 Å². The Kier molecular flexibility index (Phi) is 16.4. The van der Waals surface area contributed by atoms with Crippen LogP contribution in [-0.2, 0) is 5.54 Å². The Labute approximate surface area is 451 Å². The van der Waals surface area contributed by atoms with Crippen molar-refractivity contribution < 1.29 is 19.7 Å². The summed E-state index contributed by atoms with van der Waals surface area (Å²) in [5, 5.41) is 46.6. The second-order valence-corrected chi connectivity index (χ2v) is 18.9. The lowest BCUT2D eigenvalue weighted by Crippen LogP contribution is -2.39. The van der Waals surface area contributed by atoms with Crippen molar-refractivity contribution in [2.24, 2.45) is 10.7 Å². The van der Waals surface area contributed by atoms with Gasteiger partial charge in [0.05, 0.1) is 18.6 Å². The fourth-order valence-corrected chi connectivity index (χ4v) is 9.03. The Morgan fingerprint density at radius 3 is 1.47 bits per heavy atom. The smallest absolute Gasteiger partial charge is 0.239 e. The van der Waals surface area contributed by atoms with Crippen LogP contribution in [-0.4, -0.2) is 76.3 Å². The van der Waals surface area contributed by atoms with Crippen LogP contribution in [0.25, 0.3) is 62.5 Å². The molecule has 15 heteroatoms. The molecule has 0 bridgehead atoms. The summed E-state index contributed by atoms with van der Waals surface area (Å²) >= 11 is 0. The summed E-state index contributed by atoms with van der Waals surface area (Å²) in [6.07, 6.45) is 3.50. The molecule has 5 heterocycles. The maximum atomic E-state index is 9.11. The molecule has 0 aliphatic carbocycles. The van der Waals surface area contributed by atoms with Gasteiger partial charge in [-0.2, -0.15) is 9.03 Å². The topological polar surface area (TPSA) is 187 Å². The third-order valence-corrected chi connectivity index (χ3v) is 12.8. The van der Waals surface area contributed by atoms with Crippen LogP contribution < -0.4 is 30.7 Å². The van der Waals surface area contributed by atoms with Gasteiger partial charge in [-0.15, -0.1) is 30.6 Å². The number of nitrogens with zero attached hydrogens (tertiary/aromatic N) is 10. The van der Waals surface area contributed by atoms with Gasteiger partial charge in [0.1, 0.15) is 6.61 Å². The summed E-state index contributed by atoms with van der Waals surface area (Å²) < 4.78 is 15.0. The highest BCUT2D eigenvalue weighted by molar-refractivity contribution is 5.74. The molecule has 11 aromatic rings. The number of ether oxygens (including phenoxy) is 2. The third-order valence-electron chi connectivity index (χ3n) is 12.8. The van der Waals surface area contributed by atoms with Gasteiger partial charge < -0.3 is 30.3 Å². The summed E-state index contributed by atoms with van der Waals surface area (Å²) in [4.78, 5) is 7.32. The number of unbranched alkanes of at least 4 members (excludes halogenated alkanes) is 1. The zero-order valence-corrected chi connectivity index (χ0v) is 43.4. The van der Waals surface area contributed by atoms with Crippen LogP contribution in [0.1, 0.15) is 44.0 Å². The SMILES string of the molecule is CC(C)(N)c1ccccc1C1N=c2ccccc2=CN1c1ccccc1.OCCCCOc1nn2c(-c3ccccc3)nnc2cc1-c1ccccc1.OCCOc1nn2c(-c3ccccc3)nnc2cc1-c1ccccc1. The molecule has 0 saturated carbocycles. The van der Waals surface area contributed by atoms with E-state index in [1.54, 1.807) is 9.03 Å². The second-order valence-electron chi connectivity index (χ2n) is 18.9. The van der Waals surface area contributed by atoms with E-state index in [1.807, 2.05) is 172 Å². The molecule has 7 aromatic carbocycles. The van der Waals surface area contributed by atoms with E-state index in [0.29, 0.717) is 47.7 Å². The van der Waals surface area contributed by atoms with Crippen LogP contribution in [0.15, 0.2) is 217 Å². The lowest BCUT2D eigenvalue weighted by Gasteiger charge is -2.34. The molecule has 1 aliphatic heterocycles. The minimum atomic E-state index is -0.439. The molecule has 0 radical (unpaired) electrons. The van der Waals surface area contributed by atoms with Crippen molar-refractivity contribution in [1.82, 2.24) is 39.6 Å². The van der Waals surface area contributed by atoms with E-state index in [2.05, 4.69) is 91.2 Å². The number of benzene rings is 7. The second kappa shape index (κ2) is 24.5. The Balaban J connectivity index is 0.000000132. The van der Waals surface area contributed by atoms with E-state index in [0.717, 1.165) is 67.2 Å². The van der Waals surface area contributed by atoms with Crippen molar-refractivity contribution in [2.45, 2.75) is 38.4 Å². The Morgan fingerprint density at radius 2 is 0.962 bits per heavy atom. The van der Waals surface area contributed by atoms with Crippen LogP contribution in [0, 0.1) is 0 Å². The van der Waals surface area contributed by atoms with Crippen LogP contribution in [0.3, 0.4) is 0 Å². The first kappa shape index (κ1) is 52.0. The average molecular weight is 1030 g/mol. The Morgan fingerprint density at radius 1 is 0.500 bits per heavy atom. The first-order chi connectivity index (χ1) is 38.3. The summed E-state index contributed by atoms with van der Waals surface area (Å²) in [6.45, 7) is 4.81. The zero-order valence-electron chi connectivity index (χ0n) is 43.4. The Bertz CT molecular complexity index is 3840. The molecule has 15 nitrogen and oxygen atoms in total. The van der Waals surface area contributed by atoms with Gasteiger partial charge in [0, 0.05) is 57.1 Å². The van der Waals surface area contributed by atoms with E-state index in [1.165, 1.54) is 0 Å². The summed E-state index contributed by atoms with van der Waals surface area (Å²) in [5.74, 6) is 2.28. The van der Waals surface area contributed by atoms with E-state index >= 15 is 0 Å². The lowest BCUT2D eigenvalue weighted by molar-refractivity contribution is 0.196. The van der Waals surface area contributed by atoms with Crippen LogP contribution in [0.2, 0.25) is 0 Å². The molecule has 0 spiro atoms. The number of aromatic nitrogens is 8. The number of anilines is 1. The maximum Gasteiger partial charge on any atom is 0.239 e. The molecule has 4 aromatic heterocycles. The first-order valence-corrected chi connectivity index (χ1v) is 25.9. The number of nitrogens with two attached hydrogens (primary N) is 1. The minimum absolute atomic E-state index is 0.0817. The number of rotatable bonds is 15. The van der Waals surface area contributed by atoms with E-state index in [4.69, 9.17) is 35.5 Å². The minimum Gasteiger partial charge on any atom is -0.476 e. The number of para-hydroxylation sites is 2. The van der Waals surface area contributed by atoms with Crippen LogP contribution in [0.5, 0.6) is 11.8 Å². The van der Waals surface area contributed by atoms with Gasteiger partial charge in [-0.1, -0.05) is 182 Å². The highest BCUT2D eigenvalue weighted by Gasteiger charge is 2.28. The molecular weight excluding hydrogens is 975 g/mol. The largest absolute Gasteiger partial charge is 0.476 e. The standard InChI is InChI=1S/C23H23N3.C21H20N4O2.C19H16N4O2/c1-23(2,24)20-14-8-7-13-19(20)22-25-21-15-9-6-10-17(21)16-26(22)18-11-4-3-5-12-18;26-13-7-8-14-27-21-18(16-9-3-1-4-10-16)15-19-22-23-20(25(19)24-21)17-11-5-2-6-12-17;24-11-12-25-19-16(14-7-3-1-4-8-14)13-17-20-21-18(23(17)22-19)15-9-5-2-6-10-15/h3-16,22H,24H2,1-2H3;1-6,9-12,15,26H,7-8,13-14H2;1-10,13,24H,11-12H2. The first-order valence-electron chi connectivity index (χ1n) is 25.9. The van der Waals surface area contributed by atoms with Crippen LogP contribution >= 0.6 is 0 Å². The van der Waals surface area contributed by atoms with Gasteiger partial charge in [-0.25, -0.2) is 0 Å². The van der Waals surface area contributed by atoms with Gasteiger partial charge in [0.15, 0.2) is 29.1 Å². The van der Waals surface area contributed by atoms with Crippen molar-refractivity contribution >= 4 is 23.2 Å². The van der Waals surface area contributed by atoms with Gasteiger partial charge in [-0.3, -0.25) is 4.99 Å². The number of aliphatic hydroxyl groups excluding tert-OH is 2. The van der Waals surface area contributed by atoms with Crippen molar-refractivity contribution in [2.75, 3.05) is 31.3 Å². The lowest BCUT2D eigenvalue weighted by atomic mass is 9.89. The molecule has 1 unspecified atom stereocenters. The number of fused-ring (bicyclic) bond motifs is 3. The predicted octanol–water partition coefficient (Wildman–Crippen LogP) is 9.90. The van der Waals surface area contributed by atoms with E-state index in [9.17, 15) is 0 Å². The van der Waals surface area contributed by atoms with Crippen LogP contribution in [0.4, 0.5) is 5.69 Å². The molecule has 1 atom stereocenters. The van der Waals surface area contributed by atoms with Gasteiger partial charge >= 0.3 is 0 Å². The van der Waals surface area contributed by atoms with Crippen molar-refractivity contribution in [1.29, 1.82) is 0 Å². The fraction of sp³-hybridized carbons (Fsp3) is 0.159. The van der Waals surface area contributed by atoms with Gasteiger partial charge in [0.2, 0.25) is 11.8 Å². The molecule has 0 amide bonds. The third kappa shape index (κ3) is 12.0. The van der Waals surface area contributed by atoms with Crippen molar-refractivity contribution in [3.8, 4) is 56.8 Å². The molecule has 78 heavy (non-hydrogen) atoms. The average Bonchev–Trinajstić information content (AvgIpc) is 4.23. The highest BCUT2D eigenvalue weighted by Crippen LogP contribution is 2.36. The predicted molar refractivity (Wildman–Crippen MR) is 305 cm³/mol. The zero-order chi connectivity index (χ0) is 53.7. The van der Waals surface area contributed by atoms with Crippen molar-refractivity contribution in [3.05, 3.63) is 234 Å². The van der Waals surface area contributed by atoms with Gasteiger partial charge in [0.25, 0.3) is 0 Å². The Hall–Kier alpha value is -9.41. The van der Waals surface area contributed by atoms with E-state index in [-0.39, 0.29) is 26.0 Å². The number of hydrogen-bond acceptors (Lipinski definition) is 13. The molecule has 0 fully saturated rings. The van der Waals surface area contributed by atoms with Gasteiger partial charge in [-0.05, 0) is 73.7 Å². The quantitative estimate of drug-likeness (QED) is 0.0827. The summed E-state index contributed by atoms with van der Waals surface area (Å²) in [7, 11) is 0. The van der Waals surface area contributed by atoms with Crippen molar-refractivity contribution in [3.63, 3.8) is 0 Å². The molecular formula is C63H59N11O4. The summed E-state index contributed by atoms with van der Waals surface area (Å²) in [5.41, 5.74) is 16.2. The number of hydrogen-bond donors (Lipinski definition) is 3. The monoisotopic (exact) mass is 1030 g/mol. The highest BCUT2D eigenvalue weighted by atomic mass is 16.5. The molecule has 12 rings (SSSR count). The fourth-order valence-electron chi connectivity index (χ4n) is 9.03. The maximum absolute atomic E-state index is 9.11. The summed E-state index contributed by atoms with van der Waals surface area (Å²) in [6, 6.07) is 70.2. The molecule has 1 aliphatic rings.